The summed E-state index contributed by atoms with van der Waals surface area (Å²) in [6.45, 7) is 3.76. The molecule has 0 radical (unpaired) electrons. The fraction of sp³-hybridized carbons (Fsp3) is 0.125. The van der Waals surface area contributed by atoms with Gasteiger partial charge in [0.2, 0.25) is 5.91 Å². The lowest BCUT2D eigenvalue weighted by Crippen LogP contribution is -2.10. The van der Waals surface area contributed by atoms with E-state index in [0.717, 1.165) is 16.9 Å². The van der Waals surface area contributed by atoms with Crippen molar-refractivity contribution in [1.29, 1.82) is 0 Å². The van der Waals surface area contributed by atoms with Gasteiger partial charge in [0.25, 0.3) is 0 Å². The van der Waals surface area contributed by atoms with Gasteiger partial charge in [-0.15, -0.1) is 0 Å². The maximum atomic E-state index is 12.0. The Hall–Kier alpha value is -1.84. The molecule has 0 saturated heterocycles. The average molecular weight is 321 g/mol. The summed E-state index contributed by atoms with van der Waals surface area (Å²) in [6, 6.07) is 7.04. The molecule has 5 heteroatoms. The normalized spacial score (nSPS) is 10.9. The van der Waals surface area contributed by atoms with E-state index in [1.54, 1.807) is 30.5 Å². The molecule has 0 unspecified atom stereocenters. The lowest BCUT2D eigenvalue weighted by Gasteiger charge is -2.08. The Morgan fingerprint density at radius 2 is 1.86 bits per heavy atom. The molecule has 3 nitrogen and oxygen atoms in total. The number of nitrogens with zero attached hydrogens (tertiary/aromatic N) is 1. The smallest absolute Gasteiger partial charge is 0.248 e. The van der Waals surface area contributed by atoms with Crippen LogP contribution in [0.4, 0.5) is 5.69 Å². The molecule has 1 amide bonds. The molecule has 2 aromatic rings. The van der Waals surface area contributed by atoms with E-state index in [1.807, 2.05) is 19.9 Å². The van der Waals surface area contributed by atoms with Crippen molar-refractivity contribution in [3.63, 3.8) is 0 Å². The Kier molecular flexibility index (Phi) is 4.99. The number of aromatic nitrogens is 1. The molecule has 0 bridgehead atoms. The molecule has 1 N–H and O–H groups in total. The average Bonchev–Trinajstić information content (AvgIpc) is 2.42. The van der Waals surface area contributed by atoms with E-state index in [-0.39, 0.29) is 5.91 Å². The molecule has 1 aromatic heterocycles. The van der Waals surface area contributed by atoms with Gasteiger partial charge in [-0.05, 0) is 43.7 Å². The van der Waals surface area contributed by atoms with Crippen LogP contribution in [0.5, 0.6) is 0 Å². The van der Waals surface area contributed by atoms with Crippen molar-refractivity contribution in [3.8, 4) is 0 Å². The molecule has 0 aliphatic carbocycles. The summed E-state index contributed by atoms with van der Waals surface area (Å²) >= 11 is 12.1. The second kappa shape index (κ2) is 6.74. The largest absolute Gasteiger partial charge is 0.321 e. The highest BCUT2D eigenvalue weighted by atomic mass is 35.5. The highest BCUT2D eigenvalue weighted by molar-refractivity contribution is 6.37. The number of amides is 1. The predicted molar refractivity (Wildman–Crippen MR) is 87.8 cm³/mol. The van der Waals surface area contributed by atoms with Crippen LogP contribution < -0.4 is 5.32 Å². The highest BCUT2D eigenvalue weighted by Gasteiger charge is 2.06. The number of benzene rings is 1. The zero-order valence-electron chi connectivity index (χ0n) is 11.7. The highest BCUT2D eigenvalue weighted by Crippen LogP contribution is 2.25. The number of hydrogen-bond acceptors (Lipinski definition) is 2. The molecular weight excluding hydrogens is 307 g/mol. The van der Waals surface area contributed by atoms with Crippen molar-refractivity contribution in [1.82, 2.24) is 4.98 Å². The van der Waals surface area contributed by atoms with Crippen LogP contribution >= 0.6 is 23.2 Å². The second-order valence-electron chi connectivity index (χ2n) is 4.55. The number of carbonyl (C=O) groups excluding carboxylic acids is 1. The van der Waals surface area contributed by atoms with Crippen molar-refractivity contribution < 1.29 is 4.79 Å². The second-order valence-corrected chi connectivity index (χ2v) is 5.36. The van der Waals surface area contributed by atoms with Crippen LogP contribution in [0.1, 0.15) is 16.8 Å². The predicted octanol–water partition coefficient (Wildman–Crippen LogP) is 4.66. The van der Waals surface area contributed by atoms with Gasteiger partial charge in [-0.25, -0.2) is 0 Å². The number of anilines is 1. The maximum absolute atomic E-state index is 12.0. The molecule has 0 spiro atoms. The van der Waals surface area contributed by atoms with Gasteiger partial charge in [0.05, 0.1) is 11.4 Å². The third kappa shape index (κ3) is 3.84. The molecule has 0 aliphatic heterocycles. The van der Waals surface area contributed by atoms with Crippen molar-refractivity contribution in [2.24, 2.45) is 0 Å². The molecule has 108 valence electrons. The lowest BCUT2D eigenvalue weighted by atomic mass is 10.2. The summed E-state index contributed by atoms with van der Waals surface area (Å²) in [6.07, 6.45) is 4.71. The topological polar surface area (TPSA) is 42.0 Å². The lowest BCUT2D eigenvalue weighted by molar-refractivity contribution is -0.111. The minimum absolute atomic E-state index is 0.259. The monoisotopic (exact) mass is 320 g/mol. The minimum atomic E-state index is -0.259. The summed E-state index contributed by atoms with van der Waals surface area (Å²) in [4.78, 5) is 16.2. The molecule has 1 aromatic carbocycles. The van der Waals surface area contributed by atoms with Crippen LogP contribution in [-0.2, 0) is 4.79 Å². The van der Waals surface area contributed by atoms with Crippen LogP contribution in [-0.4, -0.2) is 10.9 Å². The van der Waals surface area contributed by atoms with E-state index < -0.39 is 0 Å². The van der Waals surface area contributed by atoms with Gasteiger partial charge >= 0.3 is 0 Å². The Labute approximate surface area is 133 Å². The zero-order valence-corrected chi connectivity index (χ0v) is 13.2. The van der Waals surface area contributed by atoms with Gasteiger partial charge in [-0.3, -0.25) is 9.78 Å². The molecular formula is C16H14Cl2N2O. The number of hydrogen-bond donors (Lipinski definition) is 1. The van der Waals surface area contributed by atoms with Crippen LogP contribution in [0, 0.1) is 13.8 Å². The fourth-order valence-electron chi connectivity index (χ4n) is 1.88. The zero-order chi connectivity index (χ0) is 15.4. The number of halogens is 2. The van der Waals surface area contributed by atoms with Crippen LogP contribution in [0.2, 0.25) is 10.0 Å². The molecule has 0 saturated carbocycles. The van der Waals surface area contributed by atoms with Gasteiger partial charge in [0.1, 0.15) is 0 Å². The number of aryl methyl sites for hydroxylation is 2. The van der Waals surface area contributed by atoms with E-state index in [4.69, 9.17) is 23.2 Å². The van der Waals surface area contributed by atoms with Crippen molar-refractivity contribution in [3.05, 3.63) is 63.4 Å². The fourth-order valence-corrected chi connectivity index (χ4v) is 2.40. The summed E-state index contributed by atoms with van der Waals surface area (Å²) in [7, 11) is 0. The Morgan fingerprint density at radius 1 is 1.19 bits per heavy atom. The van der Waals surface area contributed by atoms with Gasteiger partial charge in [0, 0.05) is 27.9 Å². The Bertz CT molecular complexity index is 671. The van der Waals surface area contributed by atoms with Crippen molar-refractivity contribution in [2.45, 2.75) is 13.8 Å². The third-order valence-electron chi connectivity index (χ3n) is 3.00. The van der Waals surface area contributed by atoms with Crippen molar-refractivity contribution >= 4 is 40.9 Å². The first-order valence-corrected chi connectivity index (χ1v) is 7.10. The van der Waals surface area contributed by atoms with E-state index in [0.29, 0.717) is 15.6 Å². The van der Waals surface area contributed by atoms with Gasteiger partial charge in [0.15, 0.2) is 0 Å². The van der Waals surface area contributed by atoms with E-state index >= 15 is 0 Å². The van der Waals surface area contributed by atoms with Gasteiger partial charge in [-0.2, -0.15) is 0 Å². The van der Waals surface area contributed by atoms with Crippen molar-refractivity contribution in [2.75, 3.05) is 5.32 Å². The molecule has 0 aliphatic rings. The van der Waals surface area contributed by atoms with E-state index in [1.165, 1.54) is 6.08 Å². The first-order chi connectivity index (χ1) is 9.99. The molecule has 0 fully saturated rings. The van der Waals surface area contributed by atoms with E-state index in [9.17, 15) is 4.79 Å². The van der Waals surface area contributed by atoms with Gasteiger partial charge in [-0.1, -0.05) is 29.3 Å². The first-order valence-electron chi connectivity index (χ1n) is 6.34. The van der Waals surface area contributed by atoms with E-state index in [2.05, 4.69) is 10.3 Å². The summed E-state index contributed by atoms with van der Waals surface area (Å²) < 4.78 is 0. The molecule has 2 rings (SSSR count). The SMILES string of the molecule is Cc1ccnc(C)c1NC(=O)/C=C/c1c(Cl)cccc1Cl. The standard InChI is InChI=1S/C16H14Cl2N2O/c1-10-8-9-19-11(2)16(10)20-15(21)7-6-12-13(17)4-3-5-14(12)18/h3-9H,1-2H3,(H,20,21)/b7-6+. The van der Waals surface area contributed by atoms with Crippen LogP contribution in [0.3, 0.4) is 0 Å². The molecule has 0 atom stereocenters. The van der Waals surface area contributed by atoms with Crippen LogP contribution in [0.15, 0.2) is 36.5 Å². The minimum Gasteiger partial charge on any atom is -0.321 e. The first kappa shape index (κ1) is 15.5. The quantitative estimate of drug-likeness (QED) is 0.836. The Morgan fingerprint density at radius 3 is 2.48 bits per heavy atom. The summed E-state index contributed by atoms with van der Waals surface area (Å²) in [5.74, 6) is -0.259. The number of nitrogens with one attached hydrogen (secondary N) is 1. The van der Waals surface area contributed by atoms with Gasteiger partial charge < -0.3 is 5.32 Å². The molecule has 1 heterocycles. The van der Waals surface area contributed by atoms with Crippen LogP contribution in [0.25, 0.3) is 6.08 Å². The number of rotatable bonds is 3. The number of pyridine rings is 1. The molecule has 21 heavy (non-hydrogen) atoms. The Balaban J connectivity index is 2.17. The third-order valence-corrected chi connectivity index (χ3v) is 3.66. The maximum Gasteiger partial charge on any atom is 0.248 e. The summed E-state index contributed by atoms with van der Waals surface area (Å²) in [5, 5.41) is 3.81. The summed E-state index contributed by atoms with van der Waals surface area (Å²) in [5.41, 5.74) is 3.07. The number of carbonyl (C=O) groups is 1.